The Hall–Kier alpha value is -1.47. The second-order valence-corrected chi connectivity index (χ2v) is 6.14. The van der Waals surface area contributed by atoms with Crippen LogP contribution in [-0.4, -0.2) is 32.9 Å². The van der Waals surface area contributed by atoms with Gasteiger partial charge < -0.3 is 9.31 Å². The first kappa shape index (κ1) is 13.5. The van der Waals surface area contributed by atoms with E-state index in [4.69, 9.17) is 9.31 Å². The lowest BCUT2D eigenvalue weighted by Crippen LogP contribution is -2.41. The number of nitrogens with zero attached hydrogens (tertiary/aromatic N) is 3. The van der Waals surface area contributed by atoms with Gasteiger partial charge in [-0.1, -0.05) is 0 Å². The standard InChI is InChI=1S/C13H17BFN3O2/c1-8-10(15)11-16-6-9(7-18(11)17-8)14-19-12(2,3)13(4,5)20-14/h6-7H,1-5H3. The minimum absolute atomic E-state index is 0.211. The topological polar surface area (TPSA) is 48.7 Å². The molecule has 0 radical (unpaired) electrons. The van der Waals surface area contributed by atoms with E-state index in [2.05, 4.69) is 10.1 Å². The Morgan fingerprint density at radius 3 is 2.40 bits per heavy atom. The number of aromatic nitrogens is 3. The number of halogens is 1. The van der Waals surface area contributed by atoms with Gasteiger partial charge in [0.1, 0.15) is 0 Å². The minimum Gasteiger partial charge on any atom is -0.399 e. The summed E-state index contributed by atoms with van der Waals surface area (Å²) in [6.45, 7) is 9.54. The fourth-order valence-corrected chi connectivity index (χ4v) is 2.13. The molecular weight excluding hydrogens is 260 g/mol. The summed E-state index contributed by atoms with van der Waals surface area (Å²) in [6, 6.07) is 0. The predicted molar refractivity (Wildman–Crippen MR) is 73.4 cm³/mol. The van der Waals surface area contributed by atoms with Crippen LogP contribution in [-0.2, 0) is 9.31 Å². The normalized spacial score (nSPS) is 20.8. The molecule has 0 unspecified atom stereocenters. The second-order valence-electron chi connectivity index (χ2n) is 6.14. The van der Waals surface area contributed by atoms with E-state index in [1.165, 1.54) is 4.52 Å². The summed E-state index contributed by atoms with van der Waals surface area (Å²) in [7, 11) is -0.524. The van der Waals surface area contributed by atoms with E-state index in [-0.39, 0.29) is 5.65 Å². The molecule has 0 bridgehead atoms. The number of hydrogen-bond donors (Lipinski definition) is 0. The SMILES string of the molecule is Cc1nn2cc(B3OC(C)(C)C(C)(C)O3)cnc2c1F. The number of aryl methyl sites for hydroxylation is 1. The molecule has 0 aliphatic carbocycles. The first-order valence-corrected chi connectivity index (χ1v) is 6.57. The van der Waals surface area contributed by atoms with Gasteiger partial charge in [-0.05, 0) is 34.6 Å². The third kappa shape index (κ3) is 1.84. The van der Waals surface area contributed by atoms with E-state index in [1.807, 2.05) is 27.7 Å². The molecule has 1 fully saturated rings. The van der Waals surface area contributed by atoms with Gasteiger partial charge in [0.15, 0.2) is 11.5 Å². The molecule has 1 saturated heterocycles. The Kier molecular flexibility index (Phi) is 2.72. The highest BCUT2D eigenvalue weighted by Crippen LogP contribution is 2.36. The zero-order valence-corrected chi connectivity index (χ0v) is 12.3. The Balaban J connectivity index is 2.00. The lowest BCUT2D eigenvalue weighted by molar-refractivity contribution is 0.00578. The molecule has 1 aliphatic heterocycles. The zero-order valence-electron chi connectivity index (χ0n) is 12.3. The largest absolute Gasteiger partial charge is 0.498 e. The molecule has 20 heavy (non-hydrogen) atoms. The summed E-state index contributed by atoms with van der Waals surface area (Å²) in [5, 5.41) is 4.09. The van der Waals surface area contributed by atoms with Crippen molar-refractivity contribution in [1.29, 1.82) is 0 Å². The fraction of sp³-hybridized carbons (Fsp3) is 0.538. The summed E-state index contributed by atoms with van der Waals surface area (Å²) >= 11 is 0. The monoisotopic (exact) mass is 277 g/mol. The highest BCUT2D eigenvalue weighted by molar-refractivity contribution is 6.61. The van der Waals surface area contributed by atoms with Gasteiger partial charge in [0.05, 0.1) is 16.9 Å². The lowest BCUT2D eigenvalue weighted by atomic mass is 9.81. The van der Waals surface area contributed by atoms with E-state index in [0.717, 1.165) is 5.46 Å². The molecule has 0 amide bonds. The summed E-state index contributed by atoms with van der Waals surface area (Å²) in [5.74, 6) is -0.398. The molecule has 0 aromatic carbocycles. The summed E-state index contributed by atoms with van der Waals surface area (Å²) in [4.78, 5) is 4.11. The van der Waals surface area contributed by atoms with Crippen molar-refractivity contribution in [2.45, 2.75) is 45.8 Å². The minimum atomic E-state index is -0.524. The number of hydrogen-bond acceptors (Lipinski definition) is 4. The molecule has 2 aromatic heterocycles. The van der Waals surface area contributed by atoms with Gasteiger partial charge in [-0.2, -0.15) is 5.10 Å². The summed E-state index contributed by atoms with van der Waals surface area (Å²) in [6.07, 6.45) is 3.27. The van der Waals surface area contributed by atoms with Gasteiger partial charge in [0.2, 0.25) is 0 Å². The van der Waals surface area contributed by atoms with Gasteiger partial charge in [0, 0.05) is 17.9 Å². The molecule has 7 heteroatoms. The van der Waals surface area contributed by atoms with Gasteiger partial charge in [0.25, 0.3) is 0 Å². The van der Waals surface area contributed by atoms with Crippen LogP contribution in [0.5, 0.6) is 0 Å². The van der Waals surface area contributed by atoms with E-state index in [0.29, 0.717) is 5.69 Å². The van der Waals surface area contributed by atoms with E-state index < -0.39 is 24.1 Å². The lowest BCUT2D eigenvalue weighted by Gasteiger charge is -2.32. The van der Waals surface area contributed by atoms with Crippen molar-refractivity contribution in [3.8, 4) is 0 Å². The Bertz CT molecular complexity index is 668. The van der Waals surface area contributed by atoms with Crippen LogP contribution in [0.1, 0.15) is 33.4 Å². The fourth-order valence-electron chi connectivity index (χ4n) is 2.13. The van der Waals surface area contributed by atoms with Gasteiger partial charge in [-0.3, -0.25) is 0 Å². The first-order valence-electron chi connectivity index (χ1n) is 6.57. The van der Waals surface area contributed by atoms with E-state index >= 15 is 0 Å². The molecule has 106 valence electrons. The molecule has 0 N–H and O–H groups in total. The number of fused-ring (bicyclic) bond motifs is 1. The van der Waals surface area contributed by atoms with Crippen LogP contribution in [0.3, 0.4) is 0 Å². The van der Waals surface area contributed by atoms with E-state index in [9.17, 15) is 4.39 Å². The van der Waals surface area contributed by atoms with Crippen molar-refractivity contribution in [3.63, 3.8) is 0 Å². The van der Waals surface area contributed by atoms with Crippen molar-refractivity contribution < 1.29 is 13.7 Å². The highest BCUT2D eigenvalue weighted by Gasteiger charge is 2.52. The molecule has 5 nitrogen and oxygen atoms in total. The van der Waals surface area contributed by atoms with Crippen molar-refractivity contribution in [1.82, 2.24) is 14.6 Å². The first-order chi connectivity index (χ1) is 9.21. The third-order valence-corrected chi connectivity index (χ3v) is 4.12. The molecule has 2 aromatic rings. The van der Waals surface area contributed by atoms with Crippen molar-refractivity contribution in [3.05, 3.63) is 23.9 Å². The zero-order chi connectivity index (χ0) is 14.7. The van der Waals surface area contributed by atoms with Gasteiger partial charge >= 0.3 is 7.12 Å². The van der Waals surface area contributed by atoms with Crippen LogP contribution in [0.4, 0.5) is 4.39 Å². The molecule has 3 heterocycles. The molecule has 0 spiro atoms. The second kappa shape index (κ2) is 4.02. The average Bonchev–Trinajstić information content (AvgIpc) is 2.74. The van der Waals surface area contributed by atoms with Crippen molar-refractivity contribution in [2.75, 3.05) is 0 Å². The Morgan fingerprint density at radius 2 is 1.80 bits per heavy atom. The molecule has 0 saturated carbocycles. The van der Waals surface area contributed by atoms with Gasteiger partial charge in [-0.15, -0.1) is 0 Å². The molecular formula is C13H17BFN3O2. The maximum absolute atomic E-state index is 13.7. The van der Waals surface area contributed by atoms with Crippen molar-refractivity contribution in [2.24, 2.45) is 0 Å². The Morgan fingerprint density at radius 1 is 1.20 bits per heavy atom. The summed E-state index contributed by atoms with van der Waals surface area (Å²) < 4.78 is 27.0. The van der Waals surface area contributed by atoms with Gasteiger partial charge in [-0.25, -0.2) is 13.9 Å². The number of rotatable bonds is 1. The van der Waals surface area contributed by atoms with Crippen LogP contribution in [0.15, 0.2) is 12.4 Å². The maximum Gasteiger partial charge on any atom is 0.498 e. The van der Waals surface area contributed by atoms with Crippen molar-refractivity contribution >= 4 is 18.2 Å². The van der Waals surface area contributed by atoms with Crippen LogP contribution >= 0.6 is 0 Å². The van der Waals surface area contributed by atoms with Crippen LogP contribution < -0.4 is 5.46 Å². The van der Waals surface area contributed by atoms with Crippen LogP contribution in [0.25, 0.3) is 5.65 Å². The smallest absolute Gasteiger partial charge is 0.399 e. The predicted octanol–water partition coefficient (Wildman–Crippen LogP) is 1.48. The molecule has 1 aliphatic rings. The summed E-state index contributed by atoms with van der Waals surface area (Å²) in [5.41, 5.74) is 0.417. The van der Waals surface area contributed by atoms with Crippen LogP contribution in [0.2, 0.25) is 0 Å². The highest BCUT2D eigenvalue weighted by atomic mass is 19.1. The molecule has 0 atom stereocenters. The third-order valence-electron chi connectivity index (χ3n) is 4.12. The molecule has 3 rings (SSSR count). The maximum atomic E-state index is 13.7. The van der Waals surface area contributed by atoms with Crippen LogP contribution in [0, 0.1) is 12.7 Å². The average molecular weight is 277 g/mol. The quantitative estimate of drug-likeness (QED) is 0.741. The Labute approximate surface area is 117 Å². The van der Waals surface area contributed by atoms with E-state index in [1.54, 1.807) is 19.3 Å².